The molecule has 1 aliphatic carbocycles. The minimum atomic E-state index is 0.593. The first kappa shape index (κ1) is 17.0. The number of piperidine rings is 1. The Morgan fingerprint density at radius 3 is 2.68 bits per heavy atom. The summed E-state index contributed by atoms with van der Waals surface area (Å²) < 4.78 is 0. The third-order valence-electron chi connectivity index (χ3n) is 5.78. The number of thiazole rings is 1. The molecule has 2 aromatic heterocycles. The Balaban J connectivity index is 1.29. The summed E-state index contributed by atoms with van der Waals surface area (Å²) in [4.78, 5) is 14.3. The van der Waals surface area contributed by atoms with Crippen molar-refractivity contribution in [3.8, 4) is 0 Å². The molecule has 2 aliphatic rings. The molecule has 1 aliphatic heterocycles. The summed E-state index contributed by atoms with van der Waals surface area (Å²) in [6.45, 7) is 3.32. The summed E-state index contributed by atoms with van der Waals surface area (Å²) in [7, 11) is 2.18. The highest BCUT2D eigenvalue weighted by molar-refractivity contribution is 7.09. The van der Waals surface area contributed by atoms with Crippen LogP contribution >= 0.6 is 11.3 Å². The van der Waals surface area contributed by atoms with Gasteiger partial charge in [0.15, 0.2) is 0 Å². The highest BCUT2D eigenvalue weighted by Crippen LogP contribution is 2.35. The van der Waals surface area contributed by atoms with E-state index in [9.17, 15) is 0 Å². The highest BCUT2D eigenvalue weighted by Gasteiger charge is 2.24. The predicted octanol–water partition coefficient (Wildman–Crippen LogP) is 4.30. The number of anilines is 1. The Morgan fingerprint density at radius 2 is 1.96 bits per heavy atom. The normalized spacial score (nSPS) is 20.2. The maximum Gasteiger partial charge on any atom is 0.128 e. The molecule has 0 aromatic carbocycles. The van der Waals surface area contributed by atoms with Crippen LogP contribution in [0.4, 0.5) is 5.82 Å². The van der Waals surface area contributed by atoms with Crippen LogP contribution in [-0.4, -0.2) is 41.0 Å². The van der Waals surface area contributed by atoms with Gasteiger partial charge in [0.2, 0.25) is 0 Å². The zero-order valence-electron chi connectivity index (χ0n) is 15.1. The first-order valence-corrected chi connectivity index (χ1v) is 10.5. The highest BCUT2D eigenvalue weighted by atomic mass is 32.1. The van der Waals surface area contributed by atoms with E-state index in [1.807, 2.05) is 23.6 Å². The van der Waals surface area contributed by atoms with Crippen LogP contribution in [0.25, 0.3) is 0 Å². The Kier molecular flexibility index (Phi) is 5.32. The first-order chi connectivity index (χ1) is 12.3. The molecule has 0 radical (unpaired) electrons. The second-order valence-corrected chi connectivity index (χ2v) is 8.35. The smallest absolute Gasteiger partial charge is 0.128 e. The molecule has 134 valence electrons. The van der Waals surface area contributed by atoms with Gasteiger partial charge >= 0.3 is 0 Å². The van der Waals surface area contributed by atoms with E-state index in [2.05, 4.69) is 39.3 Å². The Hall–Kier alpha value is -1.46. The van der Waals surface area contributed by atoms with Crippen LogP contribution in [0.1, 0.15) is 55.1 Å². The fourth-order valence-corrected chi connectivity index (χ4v) is 5.18. The average molecular weight is 357 g/mol. The molecule has 2 aromatic rings. The molecule has 2 fully saturated rings. The number of hydrogen-bond donors (Lipinski definition) is 0. The van der Waals surface area contributed by atoms with E-state index in [1.165, 1.54) is 49.2 Å². The minimum absolute atomic E-state index is 0.593. The van der Waals surface area contributed by atoms with Gasteiger partial charge in [-0.05, 0) is 37.8 Å². The molecule has 0 spiro atoms. The lowest BCUT2D eigenvalue weighted by molar-refractivity contribution is 0.201. The van der Waals surface area contributed by atoms with E-state index in [-0.39, 0.29) is 0 Å². The zero-order chi connectivity index (χ0) is 17.1. The molecule has 4 nitrogen and oxygen atoms in total. The van der Waals surface area contributed by atoms with Crippen molar-refractivity contribution < 1.29 is 0 Å². The number of hydrogen-bond acceptors (Lipinski definition) is 5. The lowest BCUT2D eigenvalue weighted by Crippen LogP contribution is -2.43. The van der Waals surface area contributed by atoms with Crippen molar-refractivity contribution >= 4 is 17.2 Å². The standard InChI is InChI=1S/C20H28N4S/c1-23(19-8-4-5-11-21-19)18-9-12-24(13-10-18)14-17-15-25-20(22-17)16-6-2-3-7-16/h4-5,8,11,15-16,18H,2-3,6-7,9-10,12-14H2,1H3. The number of rotatable bonds is 5. The second-order valence-electron chi connectivity index (χ2n) is 7.46. The number of pyridine rings is 1. The summed E-state index contributed by atoms with van der Waals surface area (Å²) >= 11 is 1.88. The van der Waals surface area contributed by atoms with Gasteiger partial charge in [0.25, 0.3) is 0 Å². The van der Waals surface area contributed by atoms with Gasteiger partial charge in [-0.15, -0.1) is 11.3 Å². The van der Waals surface area contributed by atoms with Gasteiger partial charge in [0.1, 0.15) is 5.82 Å². The molecular formula is C20H28N4S. The quantitative estimate of drug-likeness (QED) is 0.800. The van der Waals surface area contributed by atoms with E-state index in [1.54, 1.807) is 0 Å². The molecular weight excluding hydrogens is 328 g/mol. The largest absolute Gasteiger partial charge is 0.357 e. The number of nitrogens with zero attached hydrogens (tertiary/aromatic N) is 4. The topological polar surface area (TPSA) is 32.3 Å². The number of aromatic nitrogens is 2. The van der Waals surface area contributed by atoms with Crippen molar-refractivity contribution in [2.24, 2.45) is 0 Å². The van der Waals surface area contributed by atoms with Crippen LogP contribution < -0.4 is 4.90 Å². The molecule has 1 saturated carbocycles. The molecule has 0 atom stereocenters. The van der Waals surface area contributed by atoms with Crippen molar-refractivity contribution in [2.45, 2.75) is 57.0 Å². The van der Waals surface area contributed by atoms with Crippen molar-refractivity contribution in [3.05, 3.63) is 40.5 Å². The summed E-state index contributed by atoms with van der Waals surface area (Å²) in [6, 6.07) is 6.74. The monoisotopic (exact) mass is 356 g/mol. The van der Waals surface area contributed by atoms with Crippen LogP contribution in [0.15, 0.2) is 29.8 Å². The molecule has 5 heteroatoms. The summed E-state index contributed by atoms with van der Waals surface area (Å²) in [5.41, 5.74) is 1.28. The van der Waals surface area contributed by atoms with Crippen molar-refractivity contribution in [2.75, 3.05) is 25.0 Å². The van der Waals surface area contributed by atoms with Gasteiger partial charge in [0, 0.05) is 50.2 Å². The van der Waals surface area contributed by atoms with Crippen LogP contribution in [0.5, 0.6) is 0 Å². The molecule has 1 saturated heterocycles. The third-order valence-corrected chi connectivity index (χ3v) is 6.83. The Morgan fingerprint density at radius 1 is 1.16 bits per heavy atom. The van der Waals surface area contributed by atoms with E-state index >= 15 is 0 Å². The van der Waals surface area contributed by atoms with Gasteiger partial charge in [-0.3, -0.25) is 4.90 Å². The number of likely N-dealkylation sites (tertiary alicyclic amines) is 1. The maximum absolute atomic E-state index is 4.94. The molecule has 0 bridgehead atoms. The van der Waals surface area contributed by atoms with Crippen molar-refractivity contribution in [1.82, 2.24) is 14.9 Å². The fraction of sp³-hybridized carbons (Fsp3) is 0.600. The van der Waals surface area contributed by atoms with Gasteiger partial charge in [0.05, 0.1) is 10.7 Å². The lowest BCUT2D eigenvalue weighted by atomic mass is 10.0. The predicted molar refractivity (Wildman–Crippen MR) is 104 cm³/mol. The van der Waals surface area contributed by atoms with Crippen LogP contribution in [-0.2, 0) is 6.54 Å². The molecule has 3 heterocycles. The van der Waals surface area contributed by atoms with Gasteiger partial charge < -0.3 is 4.90 Å². The van der Waals surface area contributed by atoms with E-state index in [0.29, 0.717) is 6.04 Å². The third kappa shape index (κ3) is 4.04. The molecule has 0 amide bonds. The summed E-state index contributed by atoms with van der Waals surface area (Å²) in [6.07, 6.45) is 9.74. The maximum atomic E-state index is 4.94. The van der Waals surface area contributed by atoms with Gasteiger partial charge in [-0.25, -0.2) is 9.97 Å². The van der Waals surface area contributed by atoms with Crippen LogP contribution in [0.3, 0.4) is 0 Å². The second kappa shape index (κ2) is 7.83. The van der Waals surface area contributed by atoms with E-state index < -0.39 is 0 Å². The lowest BCUT2D eigenvalue weighted by Gasteiger charge is -2.37. The summed E-state index contributed by atoms with van der Waals surface area (Å²) in [5, 5.41) is 3.68. The Labute approximate surface area is 154 Å². The van der Waals surface area contributed by atoms with E-state index in [4.69, 9.17) is 4.98 Å². The first-order valence-electron chi connectivity index (χ1n) is 9.60. The minimum Gasteiger partial charge on any atom is -0.357 e. The molecule has 0 unspecified atom stereocenters. The molecule has 4 rings (SSSR count). The fourth-order valence-electron chi connectivity index (χ4n) is 4.20. The van der Waals surface area contributed by atoms with Crippen LogP contribution in [0.2, 0.25) is 0 Å². The zero-order valence-corrected chi connectivity index (χ0v) is 15.9. The average Bonchev–Trinajstić information content (AvgIpc) is 3.34. The molecule has 0 N–H and O–H groups in total. The van der Waals surface area contributed by atoms with Crippen LogP contribution in [0, 0.1) is 0 Å². The van der Waals surface area contributed by atoms with E-state index in [0.717, 1.165) is 31.4 Å². The molecule has 25 heavy (non-hydrogen) atoms. The van der Waals surface area contributed by atoms with Crippen molar-refractivity contribution in [3.63, 3.8) is 0 Å². The summed E-state index contributed by atoms with van der Waals surface area (Å²) in [5.74, 6) is 1.83. The van der Waals surface area contributed by atoms with Gasteiger partial charge in [-0.2, -0.15) is 0 Å². The van der Waals surface area contributed by atoms with Gasteiger partial charge in [-0.1, -0.05) is 18.9 Å². The SMILES string of the molecule is CN(c1ccccn1)C1CCN(Cc2csc(C3CCCC3)n2)CC1. The Bertz CT molecular complexity index is 657. The van der Waals surface area contributed by atoms with Crippen molar-refractivity contribution in [1.29, 1.82) is 0 Å².